The summed E-state index contributed by atoms with van der Waals surface area (Å²) in [4.78, 5) is 11.8. The Kier molecular flexibility index (Phi) is 7.75. The molecular formula is C12H25ClN2O2. The third-order valence-electron chi connectivity index (χ3n) is 3.45. The van der Waals surface area contributed by atoms with E-state index in [1.807, 2.05) is 20.8 Å². The molecule has 0 aliphatic carbocycles. The monoisotopic (exact) mass is 264 g/mol. The number of carbonyl (C=O) groups excluding carboxylic acids is 1. The van der Waals surface area contributed by atoms with E-state index in [9.17, 15) is 4.79 Å². The van der Waals surface area contributed by atoms with Gasteiger partial charge in [-0.1, -0.05) is 20.3 Å². The summed E-state index contributed by atoms with van der Waals surface area (Å²) in [5, 5.41) is 2.95. The summed E-state index contributed by atoms with van der Waals surface area (Å²) in [6, 6.07) is -0.348. The van der Waals surface area contributed by atoms with Crippen molar-refractivity contribution in [2.45, 2.75) is 58.2 Å². The molecule has 1 aliphatic heterocycles. The standard InChI is InChI=1S/C12H24N2O2.ClH/c1-4-8(2)11(13)12(15)14-9(3)10-6-5-7-16-10;/h8-11H,4-7,13H2,1-3H3,(H,14,15);1H. The van der Waals surface area contributed by atoms with Gasteiger partial charge in [0.05, 0.1) is 18.2 Å². The van der Waals surface area contributed by atoms with E-state index in [1.54, 1.807) is 0 Å². The summed E-state index contributed by atoms with van der Waals surface area (Å²) in [5.74, 6) is 0.161. The lowest BCUT2D eigenvalue weighted by Gasteiger charge is -2.24. The number of hydrogen-bond donors (Lipinski definition) is 2. The lowest BCUT2D eigenvalue weighted by Crippen LogP contribution is -2.50. The Hall–Kier alpha value is -0.320. The minimum atomic E-state index is -0.408. The summed E-state index contributed by atoms with van der Waals surface area (Å²) < 4.78 is 5.53. The summed E-state index contributed by atoms with van der Waals surface area (Å²) in [6.07, 6.45) is 3.19. The van der Waals surface area contributed by atoms with Gasteiger partial charge < -0.3 is 15.8 Å². The van der Waals surface area contributed by atoms with E-state index in [-0.39, 0.29) is 36.4 Å². The predicted molar refractivity (Wildman–Crippen MR) is 71.3 cm³/mol. The number of nitrogens with two attached hydrogens (primary N) is 1. The van der Waals surface area contributed by atoms with Gasteiger partial charge in [0, 0.05) is 6.61 Å². The van der Waals surface area contributed by atoms with Gasteiger partial charge in [-0.05, 0) is 25.7 Å². The van der Waals surface area contributed by atoms with Crippen LogP contribution in [0.15, 0.2) is 0 Å². The number of carbonyl (C=O) groups is 1. The predicted octanol–water partition coefficient (Wildman–Crippen LogP) is 1.47. The second kappa shape index (κ2) is 7.90. The van der Waals surface area contributed by atoms with Crippen molar-refractivity contribution in [3.05, 3.63) is 0 Å². The maximum atomic E-state index is 11.8. The molecule has 1 saturated heterocycles. The van der Waals surface area contributed by atoms with E-state index in [0.29, 0.717) is 0 Å². The summed E-state index contributed by atoms with van der Waals surface area (Å²) in [6.45, 7) is 6.84. The van der Waals surface area contributed by atoms with E-state index in [4.69, 9.17) is 10.5 Å². The summed E-state index contributed by atoms with van der Waals surface area (Å²) in [7, 11) is 0. The van der Waals surface area contributed by atoms with Crippen molar-refractivity contribution in [1.29, 1.82) is 0 Å². The number of hydrogen-bond acceptors (Lipinski definition) is 3. The molecule has 1 aliphatic rings. The van der Waals surface area contributed by atoms with Gasteiger partial charge in [0.15, 0.2) is 0 Å². The molecule has 102 valence electrons. The largest absolute Gasteiger partial charge is 0.376 e. The van der Waals surface area contributed by atoms with Crippen molar-refractivity contribution in [2.24, 2.45) is 11.7 Å². The van der Waals surface area contributed by atoms with Gasteiger partial charge in [0.1, 0.15) is 0 Å². The molecule has 0 spiro atoms. The van der Waals surface area contributed by atoms with Gasteiger partial charge in [-0.2, -0.15) is 0 Å². The molecule has 0 aromatic carbocycles. The first-order chi connectivity index (χ1) is 7.56. The van der Waals surface area contributed by atoms with Gasteiger partial charge in [0.2, 0.25) is 5.91 Å². The molecule has 3 N–H and O–H groups in total. The minimum absolute atomic E-state index is 0. The van der Waals surface area contributed by atoms with Gasteiger partial charge in [-0.15, -0.1) is 12.4 Å². The van der Waals surface area contributed by atoms with Gasteiger partial charge in [-0.3, -0.25) is 4.79 Å². The Morgan fingerprint density at radius 2 is 2.18 bits per heavy atom. The summed E-state index contributed by atoms with van der Waals surface area (Å²) >= 11 is 0. The van der Waals surface area contributed by atoms with Crippen molar-refractivity contribution in [3.63, 3.8) is 0 Å². The molecule has 1 amide bonds. The average molecular weight is 265 g/mol. The normalized spacial score (nSPS) is 24.6. The van der Waals surface area contributed by atoms with Crippen LogP contribution in [0.25, 0.3) is 0 Å². The van der Waals surface area contributed by atoms with E-state index in [1.165, 1.54) is 0 Å². The molecule has 0 radical (unpaired) electrons. The van der Waals surface area contributed by atoms with Gasteiger partial charge in [-0.25, -0.2) is 0 Å². The zero-order valence-electron chi connectivity index (χ0n) is 10.9. The van der Waals surface area contributed by atoms with Crippen LogP contribution in [0.3, 0.4) is 0 Å². The average Bonchev–Trinajstić information content (AvgIpc) is 2.80. The van der Waals surface area contributed by atoms with Crippen LogP contribution in [0, 0.1) is 5.92 Å². The molecule has 17 heavy (non-hydrogen) atoms. The molecule has 4 unspecified atom stereocenters. The molecule has 0 aromatic heterocycles. The zero-order valence-corrected chi connectivity index (χ0v) is 11.8. The minimum Gasteiger partial charge on any atom is -0.376 e. The molecule has 5 heteroatoms. The lowest BCUT2D eigenvalue weighted by atomic mass is 9.99. The second-order valence-corrected chi connectivity index (χ2v) is 4.76. The molecular weight excluding hydrogens is 240 g/mol. The fourth-order valence-electron chi connectivity index (χ4n) is 1.92. The maximum Gasteiger partial charge on any atom is 0.237 e. The molecule has 1 fully saturated rings. The number of halogens is 1. The molecule has 1 rings (SSSR count). The SMILES string of the molecule is CCC(C)C(N)C(=O)NC(C)C1CCCO1.Cl. The van der Waals surface area contributed by atoms with Crippen LogP contribution in [0.4, 0.5) is 0 Å². The third-order valence-corrected chi connectivity index (χ3v) is 3.45. The number of amides is 1. The van der Waals surface area contributed by atoms with Gasteiger partial charge in [0.25, 0.3) is 0 Å². The quantitative estimate of drug-likeness (QED) is 0.790. The smallest absolute Gasteiger partial charge is 0.237 e. The van der Waals surface area contributed by atoms with Gasteiger partial charge >= 0.3 is 0 Å². The lowest BCUT2D eigenvalue weighted by molar-refractivity contribution is -0.124. The molecule has 0 saturated carbocycles. The first-order valence-corrected chi connectivity index (χ1v) is 6.23. The number of rotatable bonds is 5. The van der Waals surface area contributed by atoms with Crippen molar-refractivity contribution in [2.75, 3.05) is 6.61 Å². The fourth-order valence-corrected chi connectivity index (χ4v) is 1.92. The highest BCUT2D eigenvalue weighted by molar-refractivity contribution is 5.85. The highest BCUT2D eigenvalue weighted by Crippen LogP contribution is 2.15. The maximum absolute atomic E-state index is 11.8. The molecule has 1 heterocycles. The van der Waals surface area contributed by atoms with Crippen LogP contribution in [0.1, 0.15) is 40.0 Å². The molecule has 0 aromatic rings. The van der Waals surface area contributed by atoms with Crippen LogP contribution < -0.4 is 11.1 Å². The van der Waals surface area contributed by atoms with Crippen LogP contribution in [0.5, 0.6) is 0 Å². The van der Waals surface area contributed by atoms with E-state index < -0.39 is 6.04 Å². The second-order valence-electron chi connectivity index (χ2n) is 4.76. The topological polar surface area (TPSA) is 64.4 Å². The number of ether oxygens (including phenoxy) is 1. The summed E-state index contributed by atoms with van der Waals surface area (Å²) in [5.41, 5.74) is 5.87. The fraction of sp³-hybridized carbons (Fsp3) is 0.917. The highest BCUT2D eigenvalue weighted by atomic mass is 35.5. The van der Waals surface area contributed by atoms with Crippen LogP contribution in [-0.2, 0) is 9.53 Å². The first kappa shape index (κ1) is 16.7. The Balaban J connectivity index is 0.00000256. The Morgan fingerprint density at radius 3 is 2.65 bits per heavy atom. The van der Waals surface area contributed by atoms with Crippen LogP contribution >= 0.6 is 12.4 Å². The Labute approximate surface area is 110 Å². The Morgan fingerprint density at radius 1 is 1.53 bits per heavy atom. The van der Waals surface area contributed by atoms with Crippen molar-refractivity contribution in [1.82, 2.24) is 5.32 Å². The molecule has 4 nitrogen and oxygen atoms in total. The Bertz CT molecular complexity index is 233. The van der Waals surface area contributed by atoms with E-state index in [2.05, 4.69) is 5.32 Å². The number of nitrogens with one attached hydrogen (secondary N) is 1. The third kappa shape index (κ3) is 4.82. The molecule has 4 atom stereocenters. The van der Waals surface area contributed by atoms with Crippen molar-refractivity contribution < 1.29 is 9.53 Å². The highest BCUT2D eigenvalue weighted by Gasteiger charge is 2.26. The van der Waals surface area contributed by atoms with E-state index in [0.717, 1.165) is 25.9 Å². The first-order valence-electron chi connectivity index (χ1n) is 6.23. The zero-order chi connectivity index (χ0) is 12.1. The van der Waals surface area contributed by atoms with Crippen molar-refractivity contribution in [3.8, 4) is 0 Å². The molecule has 0 bridgehead atoms. The van der Waals surface area contributed by atoms with Crippen molar-refractivity contribution >= 4 is 18.3 Å². The van der Waals surface area contributed by atoms with Crippen LogP contribution in [-0.4, -0.2) is 30.7 Å². The van der Waals surface area contributed by atoms with E-state index >= 15 is 0 Å². The van der Waals surface area contributed by atoms with Crippen LogP contribution in [0.2, 0.25) is 0 Å².